The maximum Gasteiger partial charge on any atom is 0.271 e. The maximum atomic E-state index is 12.3. The number of benzene rings is 2. The van der Waals surface area contributed by atoms with Crippen LogP contribution in [0.3, 0.4) is 0 Å². The zero-order valence-electron chi connectivity index (χ0n) is 13.4. The smallest absolute Gasteiger partial charge is 0.271 e. The average molecular weight is 349 g/mol. The third kappa shape index (κ3) is 2.85. The van der Waals surface area contributed by atoms with Crippen LogP contribution in [0.25, 0.3) is 21.9 Å². The highest BCUT2D eigenvalue weighted by Crippen LogP contribution is 2.19. The Bertz CT molecular complexity index is 1180. The molecule has 0 saturated heterocycles. The van der Waals surface area contributed by atoms with Crippen LogP contribution in [-0.4, -0.2) is 27.1 Å². The fourth-order valence-corrected chi connectivity index (χ4v) is 3.08. The van der Waals surface area contributed by atoms with Crippen molar-refractivity contribution in [1.29, 1.82) is 0 Å². The number of aromatic nitrogens is 3. The number of hydrazone groups is 1. The number of imidazole rings is 1. The number of aryl methyl sites for hydroxylation is 1. The molecule has 4 aromatic rings. The molecule has 4 N–H and O–H groups in total. The second-order valence-corrected chi connectivity index (χ2v) is 6.16. The van der Waals surface area contributed by atoms with Gasteiger partial charge in [-0.2, -0.15) is 5.10 Å². The zero-order chi connectivity index (χ0) is 17.4. The summed E-state index contributed by atoms with van der Waals surface area (Å²) in [6, 6.07) is 13.3. The number of fused-ring (bicyclic) bond motifs is 2. The number of nitrogens with one attached hydrogen (secondary N) is 4. The van der Waals surface area contributed by atoms with E-state index < -0.39 is 0 Å². The van der Waals surface area contributed by atoms with Crippen LogP contribution in [-0.2, 0) is 0 Å². The van der Waals surface area contributed by atoms with Crippen LogP contribution >= 0.6 is 12.2 Å². The molecule has 0 aliphatic rings. The minimum absolute atomic E-state index is 0.281. The number of aromatic amines is 3. The molecule has 0 saturated carbocycles. The predicted octanol–water partition coefficient (Wildman–Crippen LogP) is 3.78. The Morgan fingerprint density at radius 3 is 2.76 bits per heavy atom. The van der Waals surface area contributed by atoms with Crippen molar-refractivity contribution in [3.63, 3.8) is 0 Å². The third-order valence-corrected chi connectivity index (χ3v) is 4.29. The van der Waals surface area contributed by atoms with Gasteiger partial charge in [0.1, 0.15) is 0 Å². The number of nitrogens with zero attached hydrogens (tertiary/aromatic N) is 1. The first-order chi connectivity index (χ1) is 12.1. The lowest BCUT2D eigenvalue weighted by atomic mass is 10.1. The van der Waals surface area contributed by atoms with E-state index in [4.69, 9.17) is 12.2 Å². The van der Waals surface area contributed by atoms with Crippen LogP contribution in [0.5, 0.6) is 0 Å². The number of H-pyrrole nitrogens is 3. The highest BCUT2D eigenvalue weighted by Gasteiger charge is 2.08. The van der Waals surface area contributed by atoms with Gasteiger partial charge in [-0.3, -0.25) is 4.79 Å². The van der Waals surface area contributed by atoms with Crippen LogP contribution in [0.4, 0.5) is 0 Å². The SMILES string of the molecule is Cc1[nH]c2ccccc2c1/C=N\NC(=O)c1ccc2[nH]c(=S)[nH]c2c1. The van der Waals surface area contributed by atoms with E-state index in [1.807, 2.05) is 37.3 Å². The van der Waals surface area contributed by atoms with Crippen LogP contribution in [0, 0.1) is 11.7 Å². The Morgan fingerprint density at radius 2 is 1.88 bits per heavy atom. The molecule has 25 heavy (non-hydrogen) atoms. The van der Waals surface area contributed by atoms with E-state index in [2.05, 4.69) is 25.5 Å². The van der Waals surface area contributed by atoms with Crippen LogP contribution in [0.1, 0.15) is 21.6 Å². The first-order valence-electron chi connectivity index (χ1n) is 7.74. The Labute approximate surface area is 148 Å². The van der Waals surface area contributed by atoms with E-state index >= 15 is 0 Å². The Kier molecular flexibility index (Phi) is 3.70. The summed E-state index contributed by atoms with van der Waals surface area (Å²) < 4.78 is 0.528. The van der Waals surface area contributed by atoms with Crippen molar-refractivity contribution in [2.24, 2.45) is 5.10 Å². The minimum atomic E-state index is -0.281. The first-order valence-corrected chi connectivity index (χ1v) is 8.15. The van der Waals surface area contributed by atoms with E-state index in [9.17, 15) is 4.79 Å². The van der Waals surface area contributed by atoms with Crippen molar-refractivity contribution >= 4 is 46.3 Å². The molecule has 0 unspecified atom stereocenters. The summed E-state index contributed by atoms with van der Waals surface area (Å²) in [6.45, 7) is 1.98. The molecule has 2 aromatic heterocycles. The second kappa shape index (κ2) is 6.03. The highest BCUT2D eigenvalue weighted by molar-refractivity contribution is 7.71. The summed E-state index contributed by atoms with van der Waals surface area (Å²) in [6.07, 6.45) is 1.66. The zero-order valence-corrected chi connectivity index (χ0v) is 14.2. The first kappa shape index (κ1) is 15.3. The van der Waals surface area contributed by atoms with Gasteiger partial charge < -0.3 is 15.0 Å². The molecule has 4 rings (SSSR count). The molecule has 0 radical (unpaired) electrons. The van der Waals surface area contributed by atoms with Gasteiger partial charge >= 0.3 is 0 Å². The van der Waals surface area contributed by atoms with Crippen molar-refractivity contribution < 1.29 is 4.79 Å². The van der Waals surface area contributed by atoms with Crippen LogP contribution < -0.4 is 5.43 Å². The summed E-state index contributed by atoms with van der Waals surface area (Å²) in [5.74, 6) is -0.281. The normalized spacial score (nSPS) is 11.6. The molecule has 0 atom stereocenters. The van der Waals surface area contributed by atoms with E-state index in [0.29, 0.717) is 10.3 Å². The largest absolute Gasteiger partial charge is 0.358 e. The maximum absolute atomic E-state index is 12.3. The predicted molar refractivity (Wildman–Crippen MR) is 102 cm³/mol. The van der Waals surface area contributed by atoms with E-state index in [1.54, 1.807) is 18.3 Å². The minimum Gasteiger partial charge on any atom is -0.358 e. The molecule has 0 spiro atoms. The molecule has 0 aliphatic heterocycles. The van der Waals surface area contributed by atoms with Gasteiger partial charge in [0.05, 0.1) is 17.2 Å². The van der Waals surface area contributed by atoms with Gasteiger partial charge in [0.25, 0.3) is 5.91 Å². The summed E-state index contributed by atoms with van der Waals surface area (Å²) in [5.41, 5.74) is 7.72. The summed E-state index contributed by atoms with van der Waals surface area (Å²) >= 11 is 5.05. The van der Waals surface area contributed by atoms with Gasteiger partial charge in [-0.25, -0.2) is 5.43 Å². The molecule has 0 bridgehead atoms. The van der Waals surface area contributed by atoms with Crippen molar-refractivity contribution in [3.8, 4) is 0 Å². The Balaban J connectivity index is 1.56. The molecular weight excluding hydrogens is 334 g/mol. The molecule has 6 nitrogen and oxygen atoms in total. The molecule has 2 heterocycles. The highest BCUT2D eigenvalue weighted by atomic mass is 32.1. The quantitative estimate of drug-likeness (QED) is 0.258. The topological polar surface area (TPSA) is 88.8 Å². The van der Waals surface area contributed by atoms with Gasteiger partial charge in [0.15, 0.2) is 4.77 Å². The molecule has 0 fully saturated rings. The average Bonchev–Trinajstić information content (AvgIpc) is 3.12. The number of carbonyl (C=O) groups excluding carboxylic acids is 1. The van der Waals surface area contributed by atoms with Crippen LogP contribution in [0.2, 0.25) is 0 Å². The fourth-order valence-electron chi connectivity index (χ4n) is 2.86. The molecule has 7 heteroatoms. The molecule has 1 amide bonds. The Morgan fingerprint density at radius 1 is 1.08 bits per heavy atom. The molecule has 124 valence electrons. The van der Waals surface area contributed by atoms with Crippen LogP contribution in [0.15, 0.2) is 47.6 Å². The molecular formula is C18H15N5OS. The summed E-state index contributed by atoms with van der Waals surface area (Å²) in [4.78, 5) is 21.6. The summed E-state index contributed by atoms with van der Waals surface area (Å²) in [7, 11) is 0. The monoisotopic (exact) mass is 349 g/mol. The number of para-hydroxylation sites is 1. The third-order valence-electron chi connectivity index (χ3n) is 4.08. The fraction of sp³-hybridized carbons (Fsp3) is 0.0556. The molecule has 0 aliphatic carbocycles. The molecule has 2 aromatic carbocycles. The standard InChI is InChI=1S/C18H15N5OS/c1-10-13(12-4-2-3-5-14(12)20-10)9-19-23-17(24)11-6-7-15-16(8-11)22-18(25)21-15/h2-9,20H,1H3,(H,23,24)(H2,21,22,25)/b19-9-. The lowest BCUT2D eigenvalue weighted by molar-refractivity contribution is 0.0955. The van der Waals surface area contributed by atoms with E-state index in [-0.39, 0.29) is 5.91 Å². The number of carbonyl (C=O) groups is 1. The number of hydrogen-bond acceptors (Lipinski definition) is 3. The summed E-state index contributed by atoms with van der Waals surface area (Å²) in [5, 5.41) is 5.17. The number of hydrogen-bond donors (Lipinski definition) is 4. The van der Waals surface area contributed by atoms with Crippen molar-refractivity contribution in [2.45, 2.75) is 6.92 Å². The second-order valence-electron chi connectivity index (χ2n) is 5.75. The number of amides is 1. The van der Waals surface area contributed by atoms with Crippen molar-refractivity contribution in [2.75, 3.05) is 0 Å². The van der Waals surface area contributed by atoms with Crippen molar-refractivity contribution in [3.05, 3.63) is 64.1 Å². The van der Waals surface area contributed by atoms with E-state index in [1.165, 1.54) is 0 Å². The van der Waals surface area contributed by atoms with Gasteiger partial charge in [-0.15, -0.1) is 0 Å². The van der Waals surface area contributed by atoms with Crippen molar-refractivity contribution in [1.82, 2.24) is 20.4 Å². The van der Waals surface area contributed by atoms with Gasteiger partial charge in [0.2, 0.25) is 0 Å². The van der Waals surface area contributed by atoms with Gasteiger partial charge in [-0.05, 0) is 43.4 Å². The Hall–Kier alpha value is -3.19. The lowest BCUT2D eigenvalue weighted by Gasteiger charge is -2.00. The van der Waals surface area contributed by atoms with Gasteiger partial charge in [0, 0.05) is 27.7 Å². The lowest BCUT2D eigenvalue weighted by Crippen LogP contribution is -2.17. The number of rotatable bonds is 3. The van der Waals surface area contributed by atoms with Gasteiger partial charge in [-0.1, -0.05) is 18.2 Å². The van der Waals surface area contributed by atoms with E-state index in [0.717, 1.165) is 33.2 Å².